The van der Waals surface area contributed by atoms with E-state index < -0.39 is 0 Å². The summed E-state index contributed by atoms with van der Waals surface area (Å²) in [6.45, 7) is 9.64. The van der Waals surface area contributed by atoms with Gasteiger partial charge < -0.3 is 10.6 Å². The van der Waals surface area contributed by atoms with Crippen LogP contribution in [0.5, 0.6) is 0 Å². The topological polar surface area (TPSA) is 64.2 Å². The number of rotatable bonds is 5. The number of nitrogens with zero attached hydrogens (tertiary/aromatic N) is 3. The smallest absolute Gasteiger partial charge is 0.268 e. The molecule has 1 atom stereocenters. The first kappa shape index (κ1) is 15.7. The van der Waals surface area contributed by atoms with E-state index in [9.17, 15) is 4.79 Å². The van der Waals surface area contributed by atoms with E-state index in [-0.39, 0.29) is 17.0 Å². The van der Waals surface area contributed by atoms with Crippen molar-refractivity contribution in [1.29, 1.82) is 0 Å². The van der Waals surface area contributed by atoms with Crippen LogP contribution in [0.15, 0.2) is 17.1 Å². The summed E-state index contributed by atoms with van der Waals surface area (Å²) in [4.78, 5) is 14.1. The Morgan fingerprint density at radius 2 is 2.11 bits per heavy atom. The molecule has 2 N–H and O–H groups in total. The second-order valence-corrected chi connectivity index (χ2v) is 6.13. The zero-order valence-electron chi connectivity index (χ0n) is 12.7. The Hall–Kier alpha value is -1.36. The van der Waals surface area contributed by atoms with Crippen LogP contribution in [0.4, 0.5) is 5.69 Å². The number of anilines is 1. The predicted octanol–water partition coefficient (Wildman–Crippen LogP) is 1.46. The van der Waals surface area contributed by atoms with Gasteiger partial charge in [-0.2, -0.15) is 5.10 Å². The molecule has 5 nitrogen and oxygen atoms in total. The molecule has 0 saturated heterocycles. The van der Waals surface area contributed by atoms with Gasteiger partial charge >= 0.3 is 0 Å². The van der Waals surface area contributed by atoms with Gasteiger partial charge in [0.25, 0.3) is 5.56 Å². The second-order valence-electron chi connectivity index (χ2n) is 6.13. The van der Waals surface area contributed by atoms with E-state index in [0.29, 0.717) is 6.54 Å². The maximum absolute atomic E-state index is 12.0. The lowest BCUT2D eigenvalue weighted by Crippen LogP contribution is -2.42. The molecule has 19 heavy (non-hydrogen) atoms. The van der Waals surface area contributed by atoms with E-state index in [1.165, 1.54) is 4.68 Å². The summed E-state index contributed by atoms with van der Waals surface area (Å²) in [6, 6.07) is 1.52. The average molecular weight is 266 g/mol. The van der Waals surface area contributed by atoms with E-state index >= 15 is 0 Å². The van der Waals surface area contributed by atoms with Crippen LogP contribution in [0.3, 0.4) is 0 Å². The van der Waals surface area contributed by atoms with Crippen LogP contribution in [0.2, 0.25) is 0 Å². The lowest BCUT2D eigenvalue weighted by molar-refractivity contribution is 0.279. The lowest BCUT2D eigenvalue weighted by atomic mass is 9.87. The summed E-state index contributed by atoms with van der Waals surface area (Å²) in [6.07, 6.45) is 2.76. The van der Waals surface area contributed by atoms with Crippen molar-refractivity contribution >= 4 is 5.69 Å². The quantitative estimate of drug-likeness (QED) is 0.876. The molecule has 1 aromatic heterocycles. The van der Waals surface area contributed by atoms with Crippen LogP contribution in [0.1, 0.15) is 34.1 Å². The van der Waals surface area contributed by atoms with E-state index in [2.05, 4.69) is 32.8 Å². The molecule has 0 fully saturated rings. The highest BCUT2D eigenvalue weighted by atomic mass is 16.1. The van der Waals surface area contributed by atoms with E-state index in [0.717, 1.165) is 18.7 Å². The number of nitrogens with two attached hydrogens (primary N) is 1. The Kier molecular flexibility index (Phi) is 5.11. The van der Waals surface area contributed by atoms with Crippen LogP contribution >= 0.6 is 0 Å². The molecule has 0 radical (unpaired) electrons. The molecule has 5 heteroatoms. The fourth-order valence-electron chi connectivity index (χ4n) is 1.69. The third-order valence-electron chi connectivity index (χ3n) is 3.34. The number of hydrogen-bond acceptors (Lipinski definition) is 4. The van der Waals surface area contributed by atoms with E-state index in [4.69, 9.17) is 5.73 Å². The van der Waals surface area contributed by atoms with Crippen molar-refractivity contribution in [3.05, 3.63) is 22.6 Å². The van der Waals surface area contributed by atoms with Crippen molar-refractivity contribution in [2.24, 2.45) is 11.1 Å². The van der Waals surface area contributed by atoms with E-state index in [1.54, 1.807) is 12.3 Å². The van der Waals surface area contributed by atoms with E-state index in [1.807, 2.05) is 11.9 Å². The van der Waals surface area contributed by atoms with Gasteiger partial charge in [-0.25, -0.2) is 4.68 Å². The standard InChI is InChI=1S/C14H26N4O/c1-6-7-17(5)11-8-13(19)18(16-9-11)10-12(15)14(2,3)4/h8-9,12H,6-7,10,15H2,1-5H3. The summed E-state index contributed by atoms with van der Waals surface area (Å²) in [7, 11) is 1.96. The van der Waals surface area contributed by atoms with Gasteiger partial charge in [0.1, 0.15) is 0 Å². The highest BCUT2D eigenvalue weighted by Crippen LogP contribution is 2.18. The zero-order chi connectivity index (χ0) is 14.6. The third-order valence-corrected chi connectivity index (χ3v) is 3.34. The average Bonchev–Trinajstić information content (AvgIpc) is 2.30. The molecule has 0 aliphatic rings. The summed E-state index contributed by atoms with van der Waals surface area (Å²) < 4.78 is 1.44. The summed E-state index contributed by atoms with van der Waals surface area (Å²) in [5, 5.41) is 4.22. The Morgan fingerprint density at radius 3 is 2.58 bits per heavy atom. The molecule has 1 heterocycles. The van der Waals surface area contributed by atoms with Crippen LogP contribution in [-0.2, 0) is 6.54 Å². The molecule has 1 rings (SSSR count). The predicted molar refractivity (Wildman–Crippen MR) is 79.5 cm³/mol. The number of hydrogen-bond donors (Lipinski definition) is 1. The molecule has 108 valence electrons. The molecule has 0 amide bonds. The minimum absolute atomic E-state index is 0.0429. The van der Waals surface area contributed by atoms with Gasteiger partial charge in [-0.05, 0) is 11.8 Å². The molecular formula is C14H26N4O. The second kappa shape index (κ2) is 6.19. The van der Waals surface area contributed by atoms with Crippen LogP contribution in [0.25, 0.3) is 0 Å². The van der Waals surface area contributed by atoms with Gasteiger partial charge in [-0.15, -0.1) is 0 Å². The van der Waals surface area contributed by atoms with Gasteiger partial charge in [-0.1, -0.05) is 27.7 Å². The van der Waals surface area contributed by atoms with Crippen molar-refractivity contribution in [1.82, 2.24) is 9.78 Å². The van der Waals surface area contributed by atoms with Crippen LogP contribution in [0, 0.1) is 5.41 Å². The first-order chi connectivity index (χ1) is 8.75. The van der Waals surface area contributed by atoms with Gasteiger partial charge in [-0.3, -0.25) is 4.79 Å². The molecule has 0 aliphatic carbocycles. The molecular weight excluding hydrogens is 240 g/mol. The summed E-state index contributed by atoms with van der Waals surface area (Å²) in [5.41, 5.74) is 6.80. The Balaban J connectivity index is 2.87. The minimum atomic E-state index is -0.100. The fraction of sp³-hybridized carbons (Fsp3) is 0.714. The van der Waals surface area contributed by atoms with Crippen molar-refractivity contribution < 1.29 is 0 Å². The first-order valence-electron chi connectivity index (χ1n) is 6.79. The van der Waals surface area contributed by atoms with Crippen molar-refractivity contribution in [3.8, 4) is 0 Å². The largest absolute Gasteiger partial charge is 0.373 e. The maximum atomic E-state index is 12.0. The zero-order valence-corrected chi connectivity index (χ0v) is 12.7. The molecule has 0 aromatic carbocycles. The van der Waals surface area contributed by atoms with Gasteiger partial charge in [0.05, 0.1) is 18.4 Å². The molecule has 0 bridgehead atoms. The number of aromatic nitrogens is 2. The van der Waals surface area contributed by atoms with Gasteiger partial charge in [0.15, 0.2) is 0 Å². The Labute approximate surface area is 115 Å². The molecule has 1 aromatic rings. The lowest BCUT2D eigenvalue weighted by Gasteiger charge is -2.27. The first-order valence-corrected chi connectivity index (χ1v) is 6.79. The van der Waals surface area contributed by atoms with Crippen LogP contribution in [-0.4, -0.2) is 29.4 Å². The normalized spacial score (nSPS) is 13.4. The fourth-order valence-corrected chi connectivity index (χ4v) is 1.69. The molecule has 0 saturated carbocycles. The Bertz CT molecular complexity index is 461. The van der Waals surface area contributed by atoms with Crippen molar-refractivity contribution in [2.75, 3.05) is 18.5 Å². The highest BCUT2D eigenvalue weighted by Gasteiger charge is 2.21. The molecule has 1 unspecified atom stereocenters. The molecule has 0 spiro atoms. The Morgan fingerprint density at radius 1 is 1.47 bits per heavy atom. The van der Waals surface area contributed by atoms with Crippen molar-refractivity contribution in [3.63, 3.8) is 0 Å². The van der Waals surface area contributed by atoms with Crippen molar-refractivity contribution in [2.45, 2.75) is 46.7 Å². The monoisotopic (exact) mass is 266 g/mol. The highest BCUT2D eigenvalue weighted by molar-refractivity contribution is 5.41. The summed E-state index contributed by atoms with van der Waals surface area (Å²) in [5.74, 6) is 0. The SMILES string of the molecule is CCCN(C)c1cnn(CC(N)C(C)(C)C)c(=O)c1. The summed E-state index contributed by atoms with van der Waals surface area (Å²) >= 11 is 0. The minimum Gasteiger partial charge on any atom is -0.373 e. The van der Waals surface area contributed by atoms with Crippen LogP contribution < -0.4 is 16.2 Å². The maximum Gasteiger partial charge on any atom is 0.268 e. The van der Waals surface area contributed by atoms with Gasteiger partial charge in [0.2, 0.25) is 0 Å². The third kappa shape index (κ3) is 4.35. The molecule has 0 aliphatic heterocycles. The van der Waals surface area contributed by atoms with Gasteiger partial charge in [0, 0.05) is 25.7 Å².